The zero-order chi connectivity index (χ0) is 11.5. The van der Waals surface area contributed by atoms with E-state index < -0.39 is 22.7 Å². The number of imidazole rings is 1. The first-order valence-electron chi connectivity index (χ1n) is 4.26. The van der Waals surface area contributed by atoms with Crippen LogP contribution in [0.25, 0.3) is 0 Å². The predicted molar refractivity (Wildman–Crippen MR) is 51.6 cm³/mol. The Morgan fingerprint density at radius 3 is 2.80 bits per heavy atom. The second kappa shape index (κ2) is 4.71. The number of aliphatic hydroxyl groups is 2. The molecular formula is C7H13N3O4S. The van der Waals surface area contributed by atoms with Crippen LogP contribution in [0.1, 0.15) is 5.82 Å². The molecule has 0 aliphatic heterocycles. The molecule has 0 bridgehead atoms. The molecule has 0 spiro atoms. The zero-order valence-electron chi connectivity index (χ0n) is 8.14. The largest absolute Gasteiger partial charge is 0.394 e. The molecule has 1 heterocycles. The van der Waals surface area contributed by atoms with Gasteiger partial charge in [0.1, 0.15) is 5.82 Å². The van der Waals surface area contributed by atoms with E-state index in [4.69, 9.17) is 10.2 Å². The minimum Gasteiger partial charge on any atom is -0.394 e. The number of nitrogens with zero attached hydrogens (tertiary/aromatic N) is 1. The first-order chi connectivity index (χ1) is 6.95. The van der Waals surface area contributed by atoms with Crippen LogP contribution >= 0.6 is 0 Å². The van der Waals surface area contributed by atoms with E-state index in [9.17, 15) is 8.42 Å². The maximum Gasteiger partial charge on any atom is 0.257 e. The fourth-order valence-electron chi connectivity index (χ4n) is 0.883. The summed E-state index contributed by atoms with van der Waals surface area (Å²) in [5, 5.41) is 17.4. The van der Waals surface area contributed by atoms with E-state index in [0.717, 1.165) is 0 Å². The quantitative estimate of drug-likeness (QED) is 0.488. The molecule has 7 nitrogen and oxygen atoms in total. The van der Waals surface area contributed by atoms with Crippen LogP contribution in [0, 0.1) is 6.92 Å². The summed E-state index contributed by atoms with van der Waals surface area (Å²) >= 11 is 0. The summed E-state index contributed by atoms with van der Waals surface area (Å²) in [5.74, 6) is 0.484. The average molecular weight is 235 g/mol. The molecule has 4 N–H and O–H groups in total. The van der Waals surface area contributed by atoms with Crippen LogP contribution in [0.5, 0.6) is 0 Å². The van der Waals surface area contributed by atoms with Gasteiger partial charge in [-0.3, -0.25) is 0 Å². The lowest BCUT2D eigenvalue weighted by molar-refractivity contribution is 0.0988. The molecular weight excluding hydrogens is 222 g/mol. The van der Waals surface area contributed by atoms with E-state index in [1.807, 2.05) is 0 Å². The Labute approximate surface area is 87.2 Å². The van der Waals surface area contributed by atoms with Gasteiger partial charge < -0.3 is 15.2 Å². The second-order valence-corrected chi connectivity index (χ2v) is 4.76. The van der Waals surface area contributed by atoms with Crippen molar-refractivity contribution in [3.63, 3.8) is 0 Å². The molecule has 8 heteroatoms. The van der Waals surface area contributed by atoms with Crippen LogP contribution in [0.3, 0.4) is 0 Å². The van der Waals surface area contributed by atoms with E-state index in [2.05, 4.69) is 14.7 Å². The normalized spacial score (nSPS) is 14.1. The third-order valence-corrected chi connectivity index (χ3v) is 3.02. The van der Waals surface area contributed by atoms with Gasteiger partial charge in [0, 0.05) is 6.54 Å². The molecule has 15 heavy (non-hydrogen) atoms. The fraction of sp³-hybridized carbons (Fsp3) is 0.571. The first-order valence-corrected chi connectivity index (χ1v) is 5.74. The Balaban J connectivity index is 2.68. The van der Waals surface area contributed by atoms with Crippen molar-refractivity contribution in [1.82, 2.24) is 14.7 Å². The molecule has 1 aromatic heterocycles. The van der Waals surface area contributed by atoms with Gasteiger partial charge in [0.2, 0.25) is 0 Å². The molecule has 1 atom stereocenters. The number of aromatic nitrogens is 2. The van der Waals surface area contributed by atoms with Crippen LogP contribution in [-0.4, -0.2) is 47.9 Å². The Morgan fingerprint density at radius 2 is 2.33 bits per heavy atom. The number of hydrogen-bond acceptors (Lipinski definition) is 5. The van der Waals surface area contributed by atoms with Crippen molar-refractivity contribution < 1.29 is 18.6 Å². The number of hydrogen-bond donors (Lipinski definition) is 4. The van der Waals surface area contributed by atoms with Crippen LogP contribution < -0.4 is 4.72 Å². The second-order valence-electron chi connectivity index (χ2n) is 3.02. The number of sulfonamides is 1. The van der Waals surface area contributed by atoms with Gasteiger partial charge in [-0.25, -0.2) is 18.1 Å². The Hall–Kier alpha value is -0.960. The highest BCUT2D eigenvalue weighted by Crippen LogP contribution is 2.04. The SMILES string of the molecule is Cc1ncc(S(=O)(=O)NCC(O)CO)[nH]1. The molecule has 0 aliphatic rings. The number of aromatic amines is 1. The molecule has 1 rings (SSSR count). The smallest absolute Gasteiger partial charge is 0.257 e. The predicted octanol–water partition coefficient (Wildman–Crippen LogP) is -1.65. The number of rotatable bonds is 5. The monoisotopic (exact) mass is 235 g/mol. The van der Waals surface area contributed by atoms with Crippen molar-refractivity contribution in [2.75, 3.05) is 13.2 Å². The van der Waals surface area contributed by atoms with E-state index >= 15 is 0 Å². The molecule has 0 aromatic carbocycles. The number of nitrogens with one attached hydrogen (secondary N) is 2. The van der Waals surface area contributed by atoms with Crippen molar-refractivity contribution in [3.05, 3.63) is 12.0 Å². The molecule has 1 aromatic rings. The van der Waals surface area contributed by atoms with Gasteiger partial charge in [0.05, 0.1) is 18.9 Å². The summed E-state index contributed by atoms with van der Waals surface area (Å²) in [6.07, 6.45) is 0.0759. The van der Waals surface area contributed by atoms with Crippen LogP contribution in [0.4, 0.5) is 0 Å². The summed E-state index contributed by atoms with van der Waals surface area (Å²) in [5.41, 5.74) is 0. The third-order valence-electron chi connectivity index (χ3n) is 1.69. The number of aliphatic hydroxyl groups excluding tert-OH is 2. The average Bonchev–Trinajstić information content (AvgIpc) is 2.62. The van der Waals surface area contributed by atoms with E-state index in [-0.39, 0.29) is 11.6 Å². The first kappa shape index (κ1) is 12.1. The molecule has 0 amide bonds. The highest BCUT2D eigenvalue weighted by atomic mass is 32.2. The molecule has 0 saturated carbocycles. The maximum atomic E-state index is 11.5. The van der Waals surface area contributed by atoms with Gasteiger partial charge in [-0.2, -0.15) is 0 Å². The van der Waals surface area contributed by atoms with Crippen LogP contribution in [-0.2, 0) is 10.0 Å². The van der Waals surface area contributed by atoms with Gasteiger partial charge in [-0.15, -0.1) is 0 Å². The fourth-order valence-corrected chi connectivity index (χ4v) is 1.92. The molecule has 0 aliphatic carbocycles. The van der Waals surface area contributed by atoms with Gasteiger partial charge in [-0.1, -0.05) is 0 Å². The summed E-state index contributed by atoms with van der Waals surface area (Å²) in [7, 11) is -3.68. The summed E-state index contributed by atoms with van der Waals surface area (Å²) in [6.45, 7) is 0.892. The van der Waals surface area contributed by atoms with Crippen molar-refractivity contribution >= 4 is 10.0 Å². The molecule has 0 radical (unpaired) electrons. The summed E-state index contributed by atoms with van der Waals surface area (Å²) in [6, 6.07) is 0. The van der Waals surface area contributed by atoms with Crippen LogP contribution in [0.2, 0.25) is 0 Å². The lowest BCUT2D eigenvalue weighted by Crippen LogP contribution is -2.34. The Morgan fingerprint density at radius 1 is 1.67 bits per heavy atom. The molecule has 1 unspecified atom stereocenters. The topological polar surface area (TPSA) is 115 Å². The Bertz CT molecular complexity index is 414. The number of aryl methyl sites for hydroxylation is 1. The minimum absolute atomic E-state index is 0.0647. The third kappa shape index (κ3) is 3.27. The zero-order valence-corrected chi connectivity index (χ0v) is 8.95. The minimum atomic E-state index is -3.68. The van der Waals surface area contributed by atoms with Crippen molar-refractivity contribution in [2.24, 2.45) is 0 Å². The van der Waals surface area contributed by atoms with Gasteiger partial charge >= 0.3 is 0 Å². The van der Waals surface area contributed by atoms with Crippen LogP contribution in [0.15, 0.2) is 11.2 Å². The molecule has 0 fully saturated rings. The molecule has 86 valence electrons. The molecule has 0 saturated heterocycles. The van der Waals surface area contributed by atoms with Gasteiger partial charge in [0.25, 0.3) is 10.0 Å². The lowest BCUT2D eigenvalue weighted by Gasteiger charge is -2.08. The van der Waals surface area contributed by atoms with E-state index in [1.54, 1.807) is 6.92 Å². The van der Waals surface area contributed by atoms with E-state index in [0.29, 0.717) is 5.82 Å². The summed E-state index contributed by atoms with van der Waals surface area (Å²) in [4.78, 5) is 6.30. The van der Waals surface area contributed by atoms with Gasteiger partial charge in [0.15, 0.2) is 5.03 Å². The van der Waals surface area contributed by atoms with Crippen molar-refractivity contribution in [3.8, 4) is 0 Å². The van der Waals surface area contributed by atoms with Crippen molar-refractivity contribution in [2.45, 2.75) is 18.1 Å². The maximum absolute atomic E-state index is 11.5. The standard InChI is InChI=1S/C7H13N3O4S/c1-5-8-3-7(10-5)15(13,14)9-2-6(12)4-11/h3,6,9,11-12H,2,4H2,1H3,(H,8,10). The highest BCUT2D eigenvalue weighted by Gasteiger charge is 2.17. The number of H-pyrrole nitrogens is 1. The highest BCUT2D eigenvalue weighted by molar-refractivity contribution is 7.89. The Kier molecular flexibility index (Phi) is 3.80. The van der Waals surface area contributed by atoms with Gasteiger partial charge in [-0.05, 0) is 6.92 Å². The summed E-state index contributed by atoms with van der Waals surface area (Å²) < 4.78 is 25.1. The van der Waals surface area contributed by atoms with E-state index in [1.165, 1.54) is 6.20 Å². The lowest BCUT2D eigenvalue weighted by atomic mass is 10.4. The van der Waals surface area contributed by atoms with Crippen molar-refractivity contribution in [1.29, 1.82) is 0 Å².